The number of halogens is 1. The Hall–Kier alpha value is -2.04. The fourth-order valence-electron chi connectivity index (χ4n) is 3.82. The van der Waals surface area contributed by atoms with Gasteiger partial charge in [0.2, 0.25) is 0 Å². The molecule has 0 spiro atoms. The standard InChI is InChI=1S/C22H23BrN2O5S2/c1-3-29-18-10-15(23)16(11-19(18)30-4-2)25-17-12-32(27,28)13-20(17)31-22(25)24-21(26)14-8-6-5-7-9-14/h5-11,17,20H,3-4,12-13H2,1-2H3. The lowest BCUT2D eigenvalue weighted by Crippen LogP contribution is -2.38. The zero-order valence-electron chi connectivity index (χ0n) is 17.7. The molecule has 2 atom stereocenters. The van der Waals surface area contributed by atoms with Crippen molar-refractivity contribution >= 4 is 54.3 Å². The summed E-state index contributed by atoms with van der Waals surface area (Å²) in [7, 11) is -3.17. The Morgan fingerprint density at radius 3 is 2.44 bits per heavy atom. The van der Waals surface area contributed by atoms with E-state index in [2.05, 4.69) is 20.9 Å². The molecule has 2 fully saturated rings. The molecule has 0 N–H and O–H groups in total. The van der Waals surface area contributed by atoms with E-state index >= 15 is 0 Å². The molecule has 0 aromatic heterocycles. The lowest BCUT2D eigenvalue weighted by Gasteiger charge is -2.27. The number of benzene rings is 2. The van der Waals surface area contributed by atoms with Crippen LogP contribution in [0.4, 0.5) is 5.69 Å². The van der Waals surface area contributed by atoms with Crippen molar-refractivity contribution in [2.45, 2.75) is 25.1 Å². The fraction of sp³-hybridized carbons (Fsp3) is 0.364. The molecule has 7 nitrogen and oxygen atoms in total. The van der Waals surface area contributed by atoms with Crippen molar-refractivity contribution in [3.05, 3.63) is 52.5 Å². The monoisotopic (exact) mass is 538 g/mol. The topological polar surface area (TPSA) is 85.3 Å². The van der Waals surface area contributed by atoms with Gasteiger partial charge >= 0.3 is 0 Å². The van der Waals surface area contributed by atoms with Crippen LogP contribution in [0.25, 0.3) is 0 Å². The van der Waals surface area contributed by atoms with Crippen molar-refractivity contribution in [1.29, 1.82) is 0 Å². The Balaban J connectivity index is 1.79. The van der Waals surface area contributed by atoms with Crippen LogP contribution in [0.3, 0.4) is 0 Å². The normalized spacial score (nSPS) is 22.7. The Bertz CT molecular complexity index is 1150. The van der Waals surface area contributed by atoms with Gasteiger partial charge in [0.25, 0.3) is 5.91 Å². The molecule has 10 heteroatoms. The first-order valence-electron chi connectivity index (χ1n) is 10.3. The van der Waals surface area contributed by atoms with E-state index in [1.54, 1.807) is 24.3 Å². The maximum absolute atomic E-state index is 12.8. The zero-order valence-corrected chi connectivity index (χ0v) is 20.9. The van der Waals surface area contributed by atoms with Gasteiger partial charge in [-0.3, -0.25) is 4.79 Å². The third-order valence-corrected chi connectivity index (χ3v) is 9.00. The highest BCUT2D eigenvalue weighted by atomic mass is 79.9. The van der Waals surface area contributed by atoms with Gasteiger partial charge in [0.1, 0.15) is 0 Å². The summed E-state index contributed by atoms with van der Waals surface area (Å²) in [5.41, 5.74) is 1.17. The molecular weight excluding hydrogens is 516 g/mol. The molecule has 0 saturated carbocycles. The molecule has 2 heterocycles. The van der Waals surface area contributed by atoms with Crippen LogP contribution in [-0.4, -0.2) is 55.5 Å². The SMILES string of the molecule is CCOc1cc(Br)c(N2C(=NC(=O)c3ccccc3)SC3CS(=O)(=O)CC32)cc1OCC. The number of amidine groups is 1. The van der Waals surface area contributed by atoms with E-state index < -0.39 is 9.84 Å². The summed E-state index contributed by atoms with van der Waals surface area (Å²) in [6.45, 7) is 4.70. The molecule has 2 unspecified atom stereocenters. The summed E-state index contributed by atoms with van der Waals surface area (Å²) in [5, 5.41) is 0.285. The van der Waals surface area contributed by atoms with Crippen LogP contribution in [0.1, 0.15) is 24.2 Å². The average molecular weight is 539 g/mol. The Morgan fingerprint density at radius 1 is 1.12 bits per heavy atom. The van der Waals surface area contributed by atoms with Gasteiger partial charge in [-0.25, -0.2) is 8.42 Å². The minimum absolute atomic E-state index is 0.00678. The lowest BCUT2D eigenvalue weighted by molar-refractivity contribution is 0.100. The molecule has 2 aliphatic heterocycles. The number of carbonyl (C=O) groups excluding carboxylic acids is 1. The molecule has 2 aliphatic rings. The molecule has 170 valence electrons. The van der Waals surface area contributed by atoms with E-state index in [1.165, 1.54) is 11.8 Å². The summed E-state index contributed by atoms with van der Waals surface area (Å²) >= 11 is 4.94. The van der Waals surface area contributed by atoms with Crippen LogP contribution in [0.15, 0.2) is 51.9 Å². The quantitative estimate of drug-likeness (QED) is 0.545. The fourth-order valence-corrected chi connectivity index (χ4v) is 8.24. The number of ether oxygens (including phenoxy) is 2. The van der Waals surface area contributed by atoms with Gasteiger partial charge in [-0.15, -0.1) is 0 Å². The van der Waals surface area contributed by atoms with E-state index in [1.807, 2.05) is 36.9 Å². The molecule has 2 aromatic rings. The van der Waals surface area contributed by atoms with Crippen molar-refractivity contribution in [2.75, 3.05) is 29.6 Å². The number of rotatable bonds is 6. The summed E-state index contributed by atoms with van der Waals surface area (Å²) in [4.78, 5) is 19.1. The summed E-state index contributed by atoms with van der Waals surface area (Å²) in [6.07, 6.45) is 0. The number of amides is 1. The average Bonchev–Trinajstić information content (AvgIpc) is 3.21. The summed E-state index contributed by atoms with van der Waals surface area (Å²) in [6, 6.07) is 12.1. The lowest BCUT2D eigenvalue weighted by atomic mass is 10.2. The van der Waals surface area contributed by atoms with Gasteiger partial charge in [0.15, 0.2) is 26.5 Å². The second-order valence-electron chi connectivity index (χ2n) is 7.35. The van der Waals surface area contributed by atoms with Gasteiger partial charge in [0, 0.05) is 27.4 Å². The van der Waals surface area contributed by atoms with Crippen molar-refractivity contribution in [3.8, 4) is 11.5 Å². The predicted octanol–water partition coefficient (Wildman–Crippen LogP) is 4.16. The maximum Gasteiger partial charge on any atom is 0.279 e. The van der Waals surface area contributed by atoms with Crippen LogP contribution in [-0.2, 0) is 9.84 Å². The van der Waals surface area contributed by atoms with Crippen molar-refractivity contribution in [3.63, 3.8) is 0 Å². The van der Waals surface area contributed by atoms with E-state index in [0.717, 1.165) is 0 Å². The molecule has 0 aliphatic carbocycles. The van der Waals surface area contributed by atoms with Crippen LogP contribution >= 0.6 is 27.7 Å². The number of hydrogen-bond acceptors (Lipinski definition) is 6. The third kappa shape index (κ3) is 4.67. The van der Waals surface area contributed by atoms with Crippen LogP contribution in [0.5, 0.6) is 11.5 Å². The minimum Gasteiger partial charge on any atom is -0.490 e. The van der Waals surface area contributed by atoms with Gasteiger partial charge in [-0.05, 0) is 41.9 Å². The first-order chi connectivity index (χ1) is 15.3. The first-order valence-corrected chi connectivity index (χ1v) is 13.8. The Labute approximate surface area is 200 Å². The second-order valence-corrected chi connectivity index (χ2v) is 11.6. The minimum atomic E-state index is -3.17. The number of carbonyl (C=O) groups is 1. The van der Waals surface area contributed by atoms with Gasteiger partial charge in [0.05, 0.1) is 36.4 Å². The second kappa shape index (κ2) is 9.44. The van der Waals surface area contributed by atoms with E-state index in [9.17, 15) is 13.2 Å². The molecule has 0 bridgehead atoms. The number of anilines is 1. The molecule has 1 amide bonds. The molecule has 4 rings (SSSR count). The third-order valence-electron chi connectivity index (χ3n) is 5.16. The number of hydrogen-bond donors (Lipinski definition) is 0. The summed E-state index contributed by atoms with van der Waals surface area (Å²) < 4.78 is 36.9. The first kappa shape index (κ1) is 23.1. The highest BCUT2D eigenvalue weighted by molar-refractivity contribution is 9.10. The van der Waals surface area contributed by atoms with Crippen LogP contribution < -0.4 is 14.4 Å². The Kier molecular flexibility index (Phi) is 6.83. The van der Waals surface area contributed by atoms with E-state index in [0.29, 0.717) is 45.6 Å². The van der Waals surface area contributed by atoms with Gasteiger partial charge < -0.3 is 14.4 Å². The maximum atomic E-state index is 12.8. The number of nitrogens with zero attached hydrogens (tertiary/aromatic N) is 2. The summed E-state index contributed by atoms with van der Waals surface area (Å²) in [5.74, 6) is 0.840. The largest absolute Gasteiger partial charge is 0.490 e. The van der Waals surface area contributed by atoms with Crippen molar-refractivity contribution < 1.29 is 22.7 Å². The molecular formula is C22H23BrN2O5S2. The van der Waals surface area contributed by atoms with E-state index in [4.69, 9.17) is 9.47 Å². The highest BCUT2D eigenvalue weighted by Crippen LogP contribution is 2.46. The van der Waals surface area contributed by atoms with Crippen LogP contribution in [0, 0.1) is 0 Å². The number of thioether (sulfide) groups is 1. The number of sulfone groups is 1. The van der Waals surface area contributed by atoms with Gasteiger partial charge in [-0.2, -0.15) is 4.99 Å². The smallest absolute Gasteiger partial charge is 0.279 e. The molecule has 2 aromatic carbocycles. The Morgan fingerprint density at radius 2 is 1.78 bits per heavy atom. The zero-order chi connectivity index (χ0) is 22.9. The number of fused-ring (bicyclic) bond motifs is 1. The van der Waals surface area contributed by atoms with Gasteiger partial charge in [-0.1, -0.05) is 30.0 Å². The molecule has 0 radical (unpaired) electrons. The van der Waals surface area contributed by atoms with Crippen molar-refractivity contribution in [2.24, 2.45) is 4.99 Å². The van der Waals surface area contributed by atoms with Crippen molar-refractivity contribution in [1.82, 2.24) is 0 Å². The predicted molar refractivity (Wildman–Crippen MR) is 131 cm³/mol. The van der Waals surface area contributed by atoms with Crippen LogP contribution in [0.2, 0.25) is 0 Å². The molecule has 32 heavy (non-hydrogen) atoms. The molecule has 2 saturated heterocycles. The highest BCUT2D eigenvalue weighted by Gasteiger charge is 2.50. The number of aliphatic imine (C=N–C) groups is 1. The van der Waals surface area contributed by atoms with E-state index in [-0.39, 0.29) is 28.7 Å².